The normalized spacial score (nSPS) is 9.94. The lowest BCUT2D eigenvalue weighted by atomic mass is 10.1. The number of halogens is 3. The van der Waals surface area contributed by atoms with Crippen molar-refractivity contribution in [2.45, 2.75) is 13.1 Å². The van der Waals surface area contributed by atoms with Crippen molar-refractivity contribution in [3.8, 4) is 5.75 Å². The fraction of sp³-hybridized carbons (Fsp3) is 0.167. The molecule has 0 atom stereocenters. The first kappa shape index (κ1) is 26.9. The van der Waals surface area contributed by atoms with Crippen LogP contribution in [0.2, 0.25) is 5.02 Å². The number of hydrogen-bond acceptors (Lipinski definition) is 6. The molecule has 0 saturated carbocycles. The van der Waals surface area contributed by atoms with E-state index in [1.807, 2.05) is 60.5 Å². The average molecular weight is 518 g/mol. The summed E-state index contributed by atoms with van der Waals surface area (Å²) in [5.41, 5.74) is 2.45. The number of anilines is 2. The van der Waals surface area contributed by atoms with E-state index in [2.05, 4.69) is 25.3 Å². The Balaban J connectivity index is 0.00000204. The molecule has 0 aliphatic rings. The van der Waals surface area contributed by atoms with Crippen LogP contribution in [0, 0.1) is 6.57 Å². The maximum Gasteiger partial charge on any atom is 0.188 e. The number of fused-ring (bicyclic) bond motifs is 1. The van der Waals surface area contributed by atoms with E-state index in [9.17, 15) is 0 Å². The minimum Gasteiger partial charge on any atom is -0.495 e. The van der Waals surface area contributed by atoms with Crippen LogP contribution in [0.1, 0.15) is 11.3 Å². The van der Waals surface area contributed by atoms with E-state index in [-0.39, 0.29) is 24.8 Å². The van der Waals surface area contributed by atoms with Gasteiger partial charge in [0.25, 0.3) is 0 Å². The van der Waals surface area contributed by atoms with Crippen molar-refractivity contribution in [1.29, 1.82) is 0 Å². The second kappa shape index (κ2) is 12.2. The van der Waals surface area contributed by atoms with Gasteiger partial charge < -0.3 is 15.0 Å². The molecule has 0 saturated heterocycles. The molecule has 176 valence electrons. The molecule has 1 N–H and O–H groups in total. The molecule has 0 amide bonds. The summed E-state index contributed by atoms with van der Waals surface area (Å²) in [6.07, 6.45) is 1.77. The van der Waals surface area contributed by atoms with Gasteiger partial charge in [0, 0.05) is 30.6 Å². The van der Waals surface area contributed by atoms with Gasteiger partial charge >= 0.3 is 0 Å². The van der Waals surface area contributed by atoms with E-state index in [1.165, 1.54) is 0 Å². The van der Waals surface area contributed by atoms with Crippen LogP contribution in [0.3, 0.4) is 0 Å². The third-order valence-electron chi connectivity index (χ3n) is 5.04. The van der Waals surface area contributed by atoms with Gasteiger partial charge in [-0.1, -0.05) is 35.9 Å². The van der Waals surface area contributed by atoms with Crippen LogP contribution in [-0.4, -0.2) is 29.3 Å². The number of nitrogens with one attached hydrogen (secondary N) is 1. The van der Waals surface area contributed by atoms with E-state index in [0.29, 0.717) is 35.4 Å². The monoisotopic (exact) mass is 516 g/mol. The van der Waals surface area contributed by atoms with Crippen molar-refractivity contribution in [2.75, 3.05) is 24.4 Å². The van der Waals surface area contributed by atoms with Crippen molar-refractivity contribution < 1.29 is 4.74 Å². The van der Waals surface area contributed by atoms with Gasteiger partial charge in [-0.2, -0.15) is 0 Å². The van der Waals surface area contributed by atoms with Gasteiger partial charge in [-0.05, 0) is 35.9 Å². The Labute approximate surface area is 215 Å². The number of ether oxygens (including phenoxy) is 1. The van der Waals surface area contributed by atoms with Gasteiger partial charge in [-0.3, -0.25) is 4.98 Å². The molecule has 0 fully saturated rings. The molecule has 0 bridgehead atoms. The van der Waals surface area contributed by atoms with Crippen LogP contribution in [-0.2, 0) is 13.1 Å². The number of rotatable bonds is 7. The minimum atomic E-state index is 0. The molecule has 0 spiro atoms. The summed E-state index contributed by atoms with van der Waals surface area (Å²) in [6.45, 7) is 8.49. The summed E-state index contributed by atoms with van der Waals surface area (Å²) < 4.78 is 5.21. The Morgan fingerprint density at radius 1 is 1.06 bits per heavy atom. The molecule has 0 aliphatic heterocycles. The second-order valence-corrected chi connectivity index (χ2v) is 7.62. The van der Waals surface area contributed by atoms with Crippen LogP contribution in [0.25, 0.3) is 15.6 Å². The van der Waals surface area contributed by atoms with E-state index in [1.54, 1.807) is 19.4 Å². The Morgan fingerprint density at radius 3 is 2.56 bits per heavy atom. The van der Waals surface area contributed by atoms with Gasteiger partial charge in [-0.15, -0.1) is 35.0 Å². The summed E-state index contributed by atoms with van der Waals surface area (Å²) in [7, 11) is 3.54. The van der Waals surface area contributed by atoms with Gasteiger partial charge in [0.15, 0.2) is 17.3 Å². The van der Waals surface area contributed by atoms with Crippen molar-refractivity contribution in [1.82, 2.24) is 15.2 Å². The van der Waals surface area contributed by atoms with Gasteiger partial charge in [0.1, 0.15) is 5.75 Å². The van der Waals surface area contributed by atoms with Gasteiger partial charge in [-0.25, -0.2) is 4.85 Å². The Morgan fingerprint density at radius 2 is 1.88 bits per heavy atom. The maximum atomic E-state index is 7.40. The molecule has 4 rings (SSSR count). The SMILES string of the molecule is Cl.Cl.[C-]#[N+]c1ccc2c(N(C)Cc3ccccn3)nnc(NCc3ccc(OC)c(Cl)c3)c2c1. The first-order chi connectivity index (χ1) is 15.6. The second-order valence-electron chi connectivity index (χ2n) is 7.21. The summed E-state index contributed by atoms with van der Waals surface area (Å²) in [5.74, 6) is 1.95. The molecular weight excluding hydrogens is 495 g/mol. The van der Waals surface area contributed by atoms with E-state index >= 15 is 0 Å². The lowest BCUT2D eigenvalue weighted by Gasteiger charge is -2.20. The zero-order chi connectivity index (χ0) is 22.5. The molecule has 7 nitrogen and oxygen atoms in total. The number of hydrogen-bond donors (Lipinski definition) is 1. The van der Waals surface area contributed by atoms with Crippen LogP contribution >= 0.6 is 36.4 Å². The highest BCUT2D eigenvalue weighted by atomic mass is 35.5. The highest BCUT2D eigenvalue weighted by molar-refractivity contribution is 6.32. The summed E-state index contributed by atoms with van der Waals surface area (Å²) in [4.78, 5) is 9.96. The summed E-state index contributed by atoms with van der Waals surface area (Å²) >= 11 is 6.24. The molecule has 4 aromatic rings. The quantitative estimate of drug-likeness (QED) is 0.289. The molecule has 2 aromatic heterocycles. The molecular formula is C24H23Cl3N6O. The summed E-state index contributed by atoms with van der Waals surface area (Å²) in [5, 5.41) is 14.5. The number of aromatic nitrogens is 3. The third kappa shape index (κ3) is 5.97. The van der Waals surface area contributed by atoms with Gasteiger partial charge in [0.2, 0.25) is 0 Å². The van der Waals surface area contributed by atoms with Crippen molar-refractivity contribution in [3.63, 3.8) is 0 Å². The van der Waals surface area contributed by atoms with Crippen molar-refractivity contribution in [2.24, 2.45) is 0 Å². The van der Waals surface area contributed by atoms with Crippen LogP contribution < -0.4 is 15.0 Å². The molecule has 2 heterocycles. The molecule has 10 heteroatoms. The lowest BCUT2D eigenvalue weighted by molar-refractivity contribution is 0.415. The fourth-order valence-electron chi connectivity index (χ4n) is 3.43. The highest BCUT2D eigenvalue weighted by Crippen LogP contribution is 2.32. The van der Waals surface area contributed by atoms with Crippen molar-refractivity contribution in [3.05, 3.63) is 88.5 Å². The van der Waals surface area contributed by atoms with E-state index < -0.39 is 0 Å². The number of methoxy groups -OCH3 is 1. The zero-order valence-electron chi connectivity index (χ0n) is 18.5. The Bertz CT molecular complexity index is 1300. The minimum absolute atomic E-state index is 0. The first-order valence-electron chi connectivity index (χ1n) is 9.94. The van der Waals surface area contributed by atoms with Gasteiger partial charge in [0.05, 0.1) is 30.9 Å². The smallest absolute Gasteiger partial charge is 0.188 e. The molecule has 0 unspecified atom stereocenters. The zero-order valence-corrected chi connectivity index (χ0v) is 20.9. The maximum absolute atomic E-state index is 7.40. The standard InChI is InChI=1S/C24H21ClN6O.2ClH/c1-26-17-8-9-19-20(13-17)23(28-14-16-7-10-22(32-3)21(25)12-16)29-30-24(19)31(2)15-18-6-4-5-11-27-18;;/h4-13H,14-15H2,2-3H3,(H,28,29);2*1H. The van der Waals surface area contributed by atoms with Crippen LogP contribution in [0.5, 0.6) is 5.75 Å². The topological polar surface area (TPSA) is 67.5 Å². The summed E-state index contributed by atoms with van der Waals surface area (Å²) in [6, 6.07) is 17.0. The Hall–Kier alpha value is -3.31. The van der Waals surface area contributed by atoms with E-state index in [0.717, 1.165) is 27.8 Å². The van der Waals surface area contributed by atoms with Crippen LogP contribution in [0.4, 0.5) is 17.3 Å². The number of benzene rings is 2. The first-order valence-corrected chi connectivity index (χ1v) is 10.3. The predicted molar refractivity (Wildman–Crippen MR) is 142 cm³/mol. The molecule has 0 radical (unpaired) electrons. The predicted octanol–water partition coefficient (Wildman–Crippen LogP) is 6.33. The molecule has 0 aliphatic carbocycles. The lowest BCUT2D eigenvalue weighted by Crippen LogP contribution is -2.19. The number of pyridine rings is 1. The largest absolute Gasteiger partial charge is 0.495 e. The fourth-order valence-corrected chi connectivity index (χ4v) is 3.71. The van der Waals surface area contributed by atoms with E-state index in [4.69, 9.17) is 22.9 Å². The highest BCUT2D eigenvalue weighted by Gasteiger charge is 2.14. The van der Waals surface area contributed by atoms with Crippen LogP contribution in [0.15, 0.2) is 60.8 Å². The third-order valence-corrected chi connectivity index (χ3v) is 5.33. The Kier molecular flexibility index (Phi) is 9.69. The molecule has 34 heavy (non-hydrogen) atoms. The van der Waals surface area contributed by atoms with Crippen molar-refractivity contribution >= 4 is 64.5 Å². The molecule has 2 aromatic carbocycles. The average Bonchev–Trinajstić information content (AvgIpc) is 2.82. The number of nitrogens with zero attached hydrogens (tertiary/aromatic N) is 5.